The first-order valence-corrected chi connectivity index (χ1v) is 10.8. The van der Waals surface area contributed by atoms with Crippen molar-refractivity contribution in [2.75, 3.05) is 0 Å². The molecule has 0 aromatic heterocycles. The summed E-state index contributed by atoms with van der Waals surface area (Å²) in [6, 6.07) is 20.5. The van der Waals surface area contributed by atoms with Crippen LogP contribution in [0, 0.1) is 12.7 Å². The van der Waals surface area contributed by atoms with Crippen molar-refractivity contribution in [2.24, 2.45) is 5.73 Å². The highest BCUT2D eigenvalue weighted by atomic mass is 32.2. The molecule has 164 valence electrons. The van der Waals surface area contributed by atoms with Crippen LogP contribution in [-0.4, -0.2) is 25.0 Å². The van der Waals surface area contributed by atoms with Crippen LogP contribution in [0.3, 0.4) is 0 Å². The highest BCUT2D eigenvalue weighted by molar-refractivity contribution is 7.85. The van der Waals surface area contributed by atoms with E-state index in [9.17, 15) is 17.6 Å². The molecule has 6 nitrogen and oxygen atoms in total. The molecule has 3 N–H and O–H groups in total. The maximum atomic E-state index is 12.8. The third-order valence-corrected chi connectivity index (χ3v) is 5.08. The predicted molar refractivity (Wildman–Crippen MR) is 115 cm³/mol. The van der Waals surface area contributed by atoms with Crippen molar-refractivity contribution in [3.63, 3.8) is 0 Å². The van der Waals surface area contributed by atoms with Gasteiger partial charge in [0.15, 0.2) is 0 Å². The third-order valence-electron chi connectivity index (χ3n) is 4.21. The fourth-order valence-corrected chi connectivity index (χ4v) is 2.98. The third kappa shape index (κ3) is 8.67. The van der Waals surface area contributed by atoms with Crippen LogP contribution in [0.5, 0.6) is 0 Å². The number of benzene rings is 3. The minimum atomic E-state index is -4.02. The van der Waals surface area contributed by atoms with Crippen LogP contribution in [0.2, 0.25) is 0 Å². The van der Waals surface area contributed by atoms with Crippen LogP contribution in [0.4, 0.5) is 4.39 Å². The summed E-state index contributed by atoms with van der Waals surface area (Å²) in [6.07, 6.45) is 0.327. The molecule has 0 bridgehead atoms. The maximum Gasteiger partial charge on any atom is 0.323 e. The molecule has 0 spiro atoms. The largest absolute Gasteiger partial charge is 0.460 e. The van der Waals surface area contributed by atoms with Crippen LogP contribution in [0.15, 0.2) is 83.8 Å². The molecule has 0 aliphatic heterocycles. The minimum absolute atomic E-state index is 0.0666. The van der Waals surface area contributed by atoms with Crippen molar-refractivity contribution >= 4 is 16.1 Å². The van der Waals surface area contributed by atoms with Gasteiger partial charge in [-0.05, 0) is 48.7 Å². The lowest BCUT2D eigenvalue weighted by atomic mass is 10.1. The number of nitrogens with two attached hydrogens (primary N) is 1. The Morgan fingerprint density at radius 3 is 2.10 bits per heavy atom. The second-order valence-electron chi connectivity index (χ2n) is 6.82. The molecule has 3 aromatic carbocycles. The summed E-state index contributed by atoms with van der Waals surface area (Å²) >= 11 is 0. The normalized spacial score (nSPS) is 11.7. The van der Waals surface area contributed by atoms with E-state index in [2.05, 4.69) is 0 Å². The Bertz CT molecular complexity index is 1070. The lowest BCUT2D eigenvalue weighted by Gasteiger charge is -2.11. The van der Waals surface area contributed by atoms with Crippen molar-refractivity contribution in [3.8, 4) is 0 Å². The summed E-state index contributed by atoms with van der Waals surface area (Å²) in [5.74, 6) is -0.771. The number of carbonyl (C=O) groups is 1. The number of ether oxygens (including phenoxy) is 1. The van der Waals surface area contributed by atoms with Gasteiger partial charge >= 0.3 is 5.97 Å². The van der Waals surface area contributed by atoms with Gasteiger partial charge in [0, 0.05) is 0 Å². The zero-order valence-corrected chi connectivity index (χ0v) is 17.8. The zero-order valence-electron chi connectivity index (χ0n) is 16.9. The van der Waals surface area contributed by atoms with Gasteiger partial charge in [0.2, 0.25) is 0 Å². The van der Waals surface area contributed by atoms with Gasteiger partial charge in [0.25, 0.3) is 10.1 Å². The maximum absolute atomic E-state index is 12.8. The molecule has 0 unspecified atom stereocenters. The first kappa shape index (κ1) is 24.2. The van der Waals surface area contributed by atoms with Gasteiger partial charge in [-0.25, -0.2) is 4.39 Å². The molecule has 3 aromatic rings. The van der Waals surface area contributed by atoms with Gasteiger partial charge in [0.05, 0.1) is 4.90 Å². The van der Waals surface area contributed by atoms with Gasteiger partial charge in [-0.2, -0.15) is 8.42 Å². The van der Waals surface area contributed by atoms with Crippen molar-refractivity contribution < 1.29 is 26.9 Å². The molecule has 0 aliphatic carbocycles. The number of carbonyl (C=O) groups excluding carboxylic acids is 1. The molecular weight excluding hydrogens is 421 g/mol. The molecule has 0 heterocycles. The molecular formula is C23H24FNO5S. The summed E-state index contributed by atoms with van der Waals surface area (Å²) in [6.45, 7) is 2.05. The molecule has 0 amide bonds. The summed E-state index contributed by atoms with van der Waals surface area (Å²) in [5.41, 5.74) is 8.45. The summed E-state index contributed by atoms with van der Waals surface area (Å²) in [7, 11) is -4.02. The van der Waals surface area contributed by atoms with E-state index >= 15 is 0 Å². The van der Waals surface area contributed by atoms with Crippen LogP contribution in [0.25, 0.3) is 0 Å². The van der Waals surface area contributed by atoms with E-state index in [-0.39, 0.29) is 17.3 Å². The Balaban J connectivity index is 0.000000262. The van der Waals surface area contributed by atoms with Gasteiger partial charge in [-0.1, -0.05) is 60.2 Å². The number of hydrogen-bond acceptors (Lipinski definition) is 5. The van der Waals surface area contributed by atoms with E-state index in [4.69, 9.17) is 15.0 Å². The first-order valence-electron chi connectivity index (χ1n) is 9.40. The van der Waals surface area contributed by atoms with E-state index in [1.54, 1.807) is 24.3 Å². The van der Waals surface area contributed by atoms with E-state index in [0.29, 0.717) is 6.42 Å². The fourth-order valence-electron chi connectivity index (χ4n) is 2.50. The molecule has 0 saturated carbocycles. The summed E-state index contributed by atoms with van der Waals surface area (Å²) < 4.78 is 47.5. The van der Waals surface area contributed by atoms with E-state index in [1.807, 2.05) is 37.3 Å². The molecule has 0 radical (unpaired) electrons. The smallest absolute Gasteiger partial charge is 0.323 e. The second-order valence-corrected chi connectivity index (χ2v) is 8.24. The fraction of sp³-hybridized carbons (Fsp3) is 0.174. The predicted octanol–water partition coefficient (Wildman–Crippen LogP) is 3.68. The lowest BCUT2D eigenvalue weighted by molar-refractivity contribution is -0.146. The van der Waals surface area contributed by atoms with E-state index < -0.39 is 22.1 Å². The average molecular weight is 446 g/mol. The van der Waals surface area contributed by atoms with Crippen LogP contribution in [-0.2, 0) is 32.7 Å². The van der Waals surface area contributed by atoms with Crippen LogP contribution < -0.4 is 5.73 Å². The number of hydrogen-bond donors (Lipinski definition) is 2. The Morgan fingerprint density at radius 2 is 1.55 bits per heavy atom. The van der Waals surface area contributed by atoms with Crippen molar-refractivity contribution in [3.05, 3.63) is 101 Å². The Hall–Kier alpha value is -3.07. The Labute approximate surface area is 181 Å². The topological polar surface area (TPSA) is 107 Å². The van der Waals surface area contributed by atoms with Gasteiger partial charge in [-0.15, -0.1) is 0 Å². The van der Waals surface area contributed by atoms with Crippen LogP contribution >= 0.6 is 0 Å². The Morgan fingerprint density at radius 1 is 0.968 bits per heavy atom. The average Bonchev–Trinajstić information content (AvgIpc) is 2.74. The van der Waals surface area contributed by atoms with Crippen molar-refractivity contribution in [2.45, 2.75) is 30.9 Å². The quantitative estimate of drug-likeness (QED) is 0.443. The summed E-state index contributed by atoms with van der Waals surface area (Å²) in [5, 5.41) is 0. The van der Waals surface area contributed by atoms with Crippen molar-refractivity contribution in [1.82, 2.24) is 0 Å². The van der Waals surface area contributed by atoms with Crippen LogP contribution in [0.1, 0.15) is 16.7 Å². The standard InChI is InChI=1S/C16H16FNO2.C7H8O3S/c17-14-8-6-12(7-9-14)10-15(18)16(19)20-11-13-4-2-1-3-5-13;1-6-2-4-7(5-3-6)11(8,9)10/h1-9,15H,10-11,18H2;2-5H,1H3,(H,8,9,10)/t15-;/m1./s1. The molecule has 3 rings (SSSR count). The van der Waals surface area contributed by atoms with Crippen molar-refractivity contribution in [1.29, 1.82) is 0 Å². The Kier molecular flexibility index (Phi) is 8.87. The van der Waals surface area contributed by atoms with E-state index in [1.165, 1.54) is 24.3 Å². The SMILES string of the molecule is Cc1ccc(S(=O)(=O)O)cc1.N[C@H](Cc1ccc(F)cc1)C(=O)OCc1ccccc1. The molecule has 1 atom stereocenters. The highest BCUT2D eigenvalue weighted by Gasteiger charge is 2.15. The second kappa shape index (κ2) is 11.4. The number of rotatable bonds is 6. The number of aryl methyl sites for hydroxylation is 1. The van der Waals surface area contributed by atoms with Gasteiger partial charge in [-0.3, -0.25) is 9.35 Å². The lowest BCUT2D eigenvalue weighted by Crippen LogP contribution is -2.34. The minimum Gasteiger partial charge on any atom is -0.460 e. The summed E-state index contributed by atoms with van der Waals surface area (Å²) in [4.78, 5) is 11.7. The van der Waals surface area contributed by atoms with Gasteiger partial charge in [0.1, 0.15) is 18.5 Å². The number of halogens is 1. The molecule has 0 aliphatic rings. The molecule has 0 fully saturated rings. The highest BCUT2D eigenvalue weighted by Crippen LogP contribution is 2.09. The molecule has 8 heteroatoms. The first-order chi connectivity index (χ1) is 14.6. The molecule has 31 heavy (non-hydrogen) atoms. The zero-order chi connectivity index (χ0) is 22.9. The number of esters is 1. The monoisotopic (exact) mass is 445 g/mol. The van der Waals surface area contributed by atoms with E-state index in [0.717, 1.165) is 16.7 Å². The molecule has 0 saturated heterocycles. The van der Waals surface area contributed by atoms with Gasteiger partial charge < -0.3 is 10.5 Å².